The van der Waals surface area contributed by atoms with E-state index in [1.807, 2.05) is 0 Å². The molecule has 0 aliphatic carbocycles. The zero-order valence-corrected chi connectivity index (χ0v) is 7.09. The Labute approximate surface area is 67.8 Å². The predicted molar refractivity (Wildman–Crippen MR) is 43.4 cm³/mol. The SMILES string of the molecule is CC(F)C1CCCNC1.Cl. The molecule has 3 heteroatoms. The van der Waals surface area contributed by atoms with Crippen molar-refractivity contribution in [3.63, 3.8) is 0 Å². The van der Waals surface area contributed by atoms with Gasteiger partial charge in [0.25, 0.3) is 0 Å². The highest BCUT2D eigenvalue weighted by molar-refractivity contribution is 5.85. The molecule has 0 aromatic rings. The van der Waals surface area contributed by atoms with Gasteiger partial charge in [-0.25, -0.2) is 4.39 Å². The molecule has 1 rings (SSSR count). The first-order chi connectivity index (χ1) is 4.30. The van der Waals surface area contributed by atoms with Crippen LogP contribution in [0.15, 0.2) is 0 Å². The molecule has 1 N–H and O–H groups in total. The molecule has 1 fully saturated rings. The van der Waals surface area contributed by atoms with Gasteiger partial charge in [0.05, 0.1) is 0 Å². The van der Waals surface area contributed by atoms with Gasteiger partial charge >= 0.3 is 0 Å². The minimum Gasteiger partial charge on any atom is -0.316 e. The minimum atomic E-state index is -0.627. The van der Waals surface area contributed by atoms with E-state index < -0.39 is 6.17 Å². The van der Waals surface area contributed by atoms with Gasteiger partial charge in [-0.05, 0) is 26.3 Å². The molecule has 1 aliphatic heterocycles. The lowest BCUT2D eigenvalue weighted by molar-refractivity contribution is 0.209. The molecule has 2 unspecified atom stereocenters. The van der Waals surface area contributed by atoms with Crippen molar-refractivity contribution in [3.8, 4) is 0 Å². The monoisotopic (exact) mass is 167 g/mol. The summed E-state index contributed by atoms with van der Waals surface area (Å²) in [7, 11) is 0. The molecule has 1 saturated heterocycles. The third kappa shape index (κ3) is 2.84. The van der Waals surface area contributed by atoms with Gasteiger partial charge < -0.3 is 5.32 Å². The summed E-state index contributed by atoms with van der Waals surface area (Å²) in [5, 5.41) is 3.18. The normalized spacial score (nSPS) is 28.8. The molecule has 2 atom stereocenters. The van der Waals surface area contributed by atoms with E-state index in [4.69, 9.17) is 0 Å². The molecule has 10 heavy (non-hydrogen) atoms. The molecular formula is C7H15ClFN. The van der Waals surface area contributed by atoms with Crippen LogP contribution >= 0.6 is 12.4 Å². The summed E-state index contributed by atoms with van der Waals surface area (Å²) in [5.74, 6) is 0.277. The largest absolute Gasteiger partial charge is 0.316 e. The maximum Gasteiger partial charge on any atom is 0.101 e. The Bertz CT molecular complexity index is 81.7. The van der Waals surface area contributed by atoms with Gasteiger partial charge in [0.1, 0.15) is 6.17 Å². The Hall–Kier alpha value is 0.180. The molecule has 0 bridgehead atoms. The number of hydrogen-bond donors (Lipinski definition) is 1. The lowest BCUT2D eigenvalue weighted by Gasteiger charge is -2.23. The number of alkyl halides is 1. The van der Waals surface area contributed by atoms with E-state index in [0.29, 0.717) is 0 Å². The van der Waals surface area contributed by atoms with Gasteiger partial charge in [0, 0.05) is 12.5 Å². The summed E-state index contributed by atoms with van der Waals surface area (Å²) >= 11 is 0. The third-order valence-corrected chi connectivity index (χ3v) is 1.98. The first kappa shape index (κ1) is 10.2. The van der Waals surface area contributed by atoms with E-state index in [2.05, 4.69) is 5.32 Å². The summed E-state index contributed by atoms with van der Waals surface area (Å²) in [6.45, 7) is 3.60. The first-order valence-electron chi connectivity index (χ1n) is 3.65. The van der Waals surface area contributed by atoms with Crippen molar-refractivity contribution in [3.05, 3.63) is 0 Å². The summed E-state index contributed by atoms with van der Waals surface area (Å²) in [5.41, 5.74) is 0. The lowest BCUT2D eigenvalue weighted by atomic mass is 9.96. The first-order valence-corrected chi connectivity index (χ1v) is 3.65. The number of halogens is 2. The fourth-order valence-corrected chi connectivity index (χ4v) is 1.27. The Morgan fingerprint density at radius 1 is 1.60 bits per heavy atom. The highest BCUT2D eigenvalue weighted by atomic mass is 35.5. The molecule has 0 aromatic heterocycles. The summed E-state index contributed by atoms with van der Waals surface area (Å²) in [6.07, 6.45) is 1.57. The Morgan fingerprint density at radius 2 is 2.30 bits per heavy atom. The number of piperidine rings is 1. The van der Waals surface area contributed by atoms with Crippen molar-refractivity contribution >= 4 is 12.4 Å². The van der Waals surface area contributed by atoms with E-state index in [1.165, 1.54) is 0 Å². The Kier molecular flexibility index (Phi) is 5.00. The van der Waals surface area contributed by atoms with Crippen molar-refractivity contribution in [2.75, 3.05) is 13.1 Å². The second-order valence-electron chi connectivity index (χ2n) is 2.78. The summed E-state index contributed by atoms with van der Waals surface area (Å²) in [4.78, 5) is 0. The van der Waals surface area contributed by atoms with Gasteiger partial charge in [-0.2, -0.15) is 0 Å². The van der Waals surface area contributed by atoms with Crippen LogP contribution in [-0.2, 0) is 0 Å². The fraction of sp³-hybridized carbons (Fsp3) is 1.00. The highest BCUT2D eigenvalue weighted by Gasteiger charge is 2.18. The van der Waals surface area contributed by atoms with Gasteiger partial charge in [-0.1, -0.05) is 0 Å². The molecular weight excluding hydrogens is 153 g/mol. The van der Waals surface area contributed by atoms with Gasteiger partial charge in [0.15, 0.2) is 0 Å². The molecule has 0 spiro atoms. The van der Waals surface area contributed by atoms with Crippen LogP contribution in [0.1, 0.15) is 19.8 Å². The second kappa shape index (κ2) is 4.91. The molecule has 0 radical (unpaired) electrons. The molecule has 0 aromatic carbocycles. The van der Waals surface area contributed by atoms with Crippen molar-refractivity contribution in [2.24, 2.45) is 5.92 Å². The molecule has 1 aliphatic rings. The van der Waals surface area contributed by atoms with Gasteiger partial charge in [-0.15, -0.1) is 12.4 Å². The molecule has 0 saturated carbocycles. The predicted octanol–water partition coefficient (Wildman–Crippen LogP) is 1.77. The minimum absolute atomic E-state index is 0. The molecule has 1 nitrogen and oxygen atoms in total. The van der Waals surface area contributed by atoms with E-state index in [0.717, 1.165) is 25.9 Å². The number of rotatable bonds is 1. The zero-order valence-electron chi connectivity index (χ0n) is 6.27. The second-order valence-corrected chi connectivity index (χ2v) is 2.78. The molecule has 62 valence electrons. The van der Waals surface area contributed by atoms with Crippen molar-refractivity contribution in [2.45, 2.75) is 25.9 Å². The lowest BCUT2D eigenvalue weighted by Crippen LogP contribution is -2.33. The van der Waals surface area contributed by atoms with Crippen LogP contribution in [-0.4, -0.2) is 19.3 Å². The fourth-order valence-electron chi connectivity index (χ4n) is 1.27. The smallest absolute Gasteiger partial charge is 0.101 e. The third-order valence-electron chi connectivity index (χ3n) is 1.98. The van der Waals surface area contributed by atoms with Crippen molar-refractivity contribution < 1.29 is 4.39 Å². The van der Waals surface area contributed by atoms with Crippen LogP contribution in [0.2, 0.25) is 0 Å². The van der Waals surface area contributed by atoms with E-state index in [1.54, 1.807) is 6.92 Å². The maximum absolute atomic E-state index is 12.5. The maximum atomic E-state index is 12.5. The van der Waals surface area contributed by atoms with Crippen LogP contribution in [0.3, 0.4) is 0 Å². The van der Waals surface area contributed by atoms with Crippen LogP contribution < -0.4 is 5.32 Å². The summed E-state index contributed by atoms with van der Waals surface area (Å²) < 4.78 is 12.5. The molecule has 1 heterocycles. The zero-order chi connectivity index (χ0) is 6.69. The quantitative estimate of drug-likeness (QED) is 0.628. The van der Waals surface area contributed by atoms with E-state index in [-0.39, 0.29) is 18.3 Å². The Morgan fingerprint density at radius 3 is 2.60 bits per heavy atom. The van der Waals surface area contributed by atoms with Crippen LogP contribution in [0.5, 0.6) is 0 Å². The van der Waals surface area contributed by atoms with Gasteiger partial charge in [-0.3, -0.25) is 0 Å². The number of nitrogens with one attached hydrogen (secondary N) is 1. The number of hydrogen-bond acceptors (Lipinski definition) is 1. The topological polar surface area (TPSA) is 12.0 Å². The van der Waals surface area contributed by atoms with Crippen molar-refractivity contribution in [1.82, 2.24) is 5.32 Å². The average molecular weight is 168 g/mol. The van der Waals surface area contributed by atoms with Crippen LogP contribution in [0.4, 0.5) is 4.39 Å². The van der Waals surface area contributed by atoms with Crippen LogP contribution in [0.25, 0.3) is 0 Å². The standard InChI is InChI=1S/C7H14FN.ClH/c1-6(8)7-3-2-4-9-5-7;/h6-7,9H,2-5H2,1H3;1H. The Balaban J connectivity index is 0.000000810. The van der Waals surface area contributed by atoms with Gasteiger partial charge in [0.2, 0.25) is 0 Å². The highest BCUT2D eigenvalue weighted by Crippen LogP contribution is 2.15. The molecule has 0 amide bonds. The average Bonchev–Trinajstić information content (AvgIpc) is 1.90. The van der Waals surface area contributed by atoms with Crippen LogP contribution in [0, 0.1) is 5.92 Å². The summed E-state index contributed by atoms with van der Waals surface area (Å²) in [6, 6.07) is 0. The van der Waals surface area contributed by atoms with Crippen molar-refractivity contribution in [1.29, 1.82) is 0 Å². The van der Waals surface area contributed by atoms with E-state index in [9.17, 15) is 4.39 Å². The van der Waals surface area contributed by atoms with E-state index >= 15 is 0 Å².